The van der Waals surface area contributed by atoms with Crippen LogP contribution in [0.3, 0.4) is 0 Å². The molecule has 0 radical (unpaired) electrons. The number of phenolic OH excluding ortho intramolecular Hbond substituents is 1. The summed E-state index contributed by atoms with van der Waals surface area (Å²) in [6.07, 6.45) is 0. The number of aromatic hydroxyl groups is 1. The topological polar surface area (TPSA) is 60.7 Å². The zero-order valence-corrected chi connectivity index (χ0v) is 8.84. The summed E-state index contributed by atoms with van der Waals surface area (Å²) in [5, 5.41) is 27.5. The maximum Gasteiger partial charge on any atom is 0.492 e. The van der Waals surface area contributed by atoms with Crippen LogP contribution in [0.25, 0.3) is 11.1 Å². The van der Waals surface area contributed by atoms with E-state index in [4.69, 9.17) is 10.0 Å². The second-order valence-electron chi connectivity index (χ2n) is 3.66. The van der Waals surface area contributed by atoms with Gasteiger partial charge >= 0.3 is 7.12 Å². The minimum absolute atomic E-state index is 0.0187. The van der Waals surface area contributed by atoms with Crippen molar-refractivity contribution >= 4 is 12.6 Å². The Labute approximate surface area is 97.9 Å². The van der Waals surface area contributed by atoms with Crippen LogP contribution in [-0.2, 0) is 0 Å². The second kappa shape index (κ2) is 4.57. The van der Waals surface area contributed by atoms with Crippen molar-refractivity contribution < 1.29 is 19.5 Å². The Kier molecular flexibility index (Phi) is 3.13. The Morgan fingerprint density at radius 1 is 0.941 bits per heavy atom. The predicted octanol–water partition coefficient (Wildman–Crippen LogP) is 0.878. The van der Waals surface area contributed by atoms with Crippen molar-refractivity contribution in [2.45, 2.75) is 0 Å². The van der Waals surface area contributed by atoms with Crippen molar-refractivity contribution in [3.8, 4) is 16.9 Å². The summed E-state index contributed by atoms with van der Waals surface area (Å²) in [7, 11) is -1.73. The van der Waals surface area contributed by atoms with Crippen LogP contribution in [-0.4, -0.2) is 22.3 Å². The monoisotopic (exact) mass is 232 g/mol. The molecule has 0 amide bonds. The Hall–Kier alpha value is -1.85. The van der Waals surface area contributed by atoms with Crippen molar-refractivity contribution in [3.63, 3.8) is 0 Å². The van der Waals surface area contributed by atoms with Gasteiger partial charge in [-0.3, -0.25) is 0 Å². The third-order valence-electron chi connectivity index (χ3n) is 2.47. The van der Waals surface area contributed by atoms with Crippen LogP contribution in [0.5, 0.6) is 5.75 Å². The van der Waals surface area contributed by atoms with Gasteiger partial charge in [-0.05, 0) is 29.3 Å². The minimum Gasteiger partial charge on any atom is -0.508 e. The molecule has 3 nitrogen and oxygen atoms in total. The van der Waals surface area contributed by atoms with E-state index >= 15 is 0 Å². The highest BCUT2D eigenvalue weighted by Gasteiger charge is 2.16. The molecule has 0 atom stereocenters. The highest BCUT2D eigenvalue weighted by molar-refractivity contribution is 6.59. The van der Waals surface area contributed by atoms with Gasteiger partial charge < -0.3 is 15.2 Å². The number of hydrogen-bond donors (Lipinski definition) is 3. The summed E-state index contributed by atoms with van der Waals surface area (Å²) < 4.78 is 13.0. The summed E-state index contributed by atoms with van der Waals surface area (Å²) in [5.74, 6) is -0.602. The molecule has 0 aliphatic rings. The lowest BCUT2D eigenvalue weighted by atomic mass is 9.79. The van der Waals surface area contributed by atoms with Gasteiger partial charge in [0.15, 0.2) is 0 Å². The third kappa shape index (κ3) is 2.46. The lowest BCUT2D eigenvalue weighted by molar-refractivity contribution is 0.419. The molecule has 0 fully saturated rings. The molecule has 2 rings (SSSR count). The molecule has 0 aromatic heterocycles. The fourth-order valence-corrected chi connectivity index (χ4v) is 1.61. The van der Waals surface area contributed by atoms with Gasteiger partial charge in [0.1, 0.15) is 11.6 Å². The average Bonchev–Trinajstić information content (AvgIpc) is 2.28. The van der Waals surface area contributed by atoms with Gasteiger partial charge in [0.05, 0.1) is 0 Å². The number of phenols is 1. The van der Waals surface area contributed by atoms with E-state index in [2.05, 4.69) is 0 Å². The number of rotatable bonds is 2. The second-order valence-corrected chi connectivity index (χ2v) is 3.66. The van der Waals surface area contributed by atoms with E-state index in [0.717, 1.165) is 0 Å². The molecule has 0 saturated heterocycles. The van der Waals surface area contributed by atoms with Crippen LogP contribution in [0.4, 0.5) is 4.39 Å². The first-order chi connectivity index (χ1) is 8.08. The highest BCUT2D eigenvalue weighted by atomic mass is 19.1. The maximum absolute atomic E-state index is 13.0. The van der Waals surface area contributed by atoms with Crippen LogP contribution < -0.4 is 5.46 Å². The third-order valence-corrected chi connectivity index (χ3v) is 2.47. The summed E-state index contributed by atoms with van der Waals surface area (Å²) in [6.45, 7) is 0. The van der Waals surface area contributed by atoms with Gasteiger partial charge in [-0.25, -0.2) is 4.39 Å². The molecule has 17 heavy (non-hydrogen) atoms. The molecule has 0 unspecified atom stereocenters. The van der Waals surface area contributed by atoms with Gasteiger partial charge in [-0.1, -0.05) is 24.3 Å². The summed E-state index contributed by atoms with van der Waals surface area (Å²) in [5.41, 5.74) is 1.23. The van der Waals surface area contributed by atoms with Crippen molar-refractivity contribution in [1.82, 2.24) is 0 Å². The predicted molar refractivity (Wildman–Crippen MR) is 63.3 cm³/mol. The van der Waals surface area contributed by atoms with E-state index in [1.165, 1.54) is 24.3 Å². The molecule has 0 aliphatic heterocycles. The largest absolute Gasteiger partial charge is 0.508 e. The Balaban J connectivity index is 2.44. The van der Waals surface area contributed by atoms with Crippen LogP contribution in [0, 0.1) is 5.82 Å². The first-order valence-corrected chi connectivity index (χ1v) is 5.03. The summed E-state index contributed by atoms with van der Waals surface area (Å²) in [6, 6.07) is 10.3. The molecular formula is C12H10BFO3. The molecule has 0 saturated carbocycles. The smallest absolute Gasteiger partial charge is 0.492 e. The summed E-state index contributed by atoms with van der Waals surface area (Å²) in [4.78, 5) is 0. The molecule has 2 aromatic rings. The zero-order valence-electron chi connectivity index (χ0n) is 8.84. The van der Waals surface area contributed by atoms with Crippen molar-refractivity contribution in [3.05, 3.63) is 48.3 Å². The van der Waals surface area contributed by atoms with E-state index in [0.29, 0.717) is 11.1 Å². The molecule has 0 bridgehead atoms. The molecule has 3 N–H and O–H groups in total. The van der Waals surface area contributed by atoms with E-state index < -0.39 is 7.12 Å². The fraction of sp³-hybridized carbons (Fsp3) is 0. The molecule has 2 aromatic carbocycles. The van der Waals surface area contributed by atoms with E-state index in [-0.39, 0.29) is 17.0 Å². The SMILES string of the molecule is OB(O)c1ccc(-c2cccc(F)c2)cc1O. The fourth-order valence-electron chi connectivity index (χ4n) is 1.61. The Bertz CT molecular complexity index is 543. The van der Waals surface area contributed by atoms with E-state index in [9.17, 15) is 9.50 Å². The number of benzene rings is 2. The van der Waals surface area contributed by atoms with Gasteiger partial charge in [0, 0.05) is 5.46 Å². The Morgan fingerprint density at radius 2 is 1.65 bits per heavy atom. The van der Waals surface area contributed by atoms with Crippen molar-refractivity contribution in [2.24, 2.45) is 0 Å². The molecule has 5 heteroatoms. The van der Waals surface area contributed by atoms with Crippen LogP contribution in [0.2, 0.25) is 0 Å². The lowest BCUT2D eigenvalue weighted by Gasteiger charge is -2.06. The maximum atomic E-state index is 13.0. The van der Waals surface area contributed by atoms with Gasteiger partial charge in [-0.2, -0.15) is 0 Å². The van der Waals surface area contributed by atoms with E-state index in [1.807, 2.05) is 0 Å². The lowest BCUT2D eigenvalue weighted by Crippen LogP contribution is -2.29. The number of hydrogen-bond acceptors (Lipinski definition) is 3. The van der Waals surface area contributed by atoms with Gasteiger partial charge in [-0.15, -0.1) is 0 Å². The Morgan fingerprint density at radius 3 is 2.24 bits per heavy atom. The van der Waals surface area contributed by atoms with Crippen LogP contribution >= 0.6 is 0 Å². The minimum atomic E-state index is -1.73. The van der Waals surface area contributed by atoms with Crippen LogP contribution in [0.15, 0.2) is 42.5 Å². The van der Waals surface area contributed by atoms with Gasteiger partial charge in [0.2, 0.25) is 0 Å². The molecule has 0 aliphatic carbocycles. The van der Waals surface area contributed by atoms with Gasteiger partial charge in [0.25, 0.3) is 0 Å². The van der Waals surface area contributed by atoms with E-state index in [1.54, 1.807) is 18.2 Å². The first kappa shape index (κ1) is 11.6. The molecule has 0 spiro atoms. The normalized spacial score (nSPS) is 10.3. The zero-order chi connectivity index (χ0) is 12.4. The standard InChI is InChI=1S/C12H10BFO3/c14-10-3-1-2-8(6-10)9-4-5-11(13(16)17)12(15)7-9/h1-7,15-17H. The molecule has 86 valence electrons. The number of halogens is 1. The molecule has 0 heterocycles. The highest BCUT2D eigenvalue weighted by Crippen LogP contribution is 2.22. The summed E-state index contributed by atoms with van der Waals surface area (Å²) >= 11 is 0. The van der Waals surface area contributed by atoms with Crippen molar-refractivity contribution in [1.29, 1.82) is 0 Å². The molecular weight excluding hydrogens is 222 g/mol. The van der Waals surface area contributed by atoms with Crippen LogP contribution in [0.1, 0.15) is 0 Å². The average molecular weight is 232 g/mol. The quantitative estimate of drug-likeness (QED) is 0.673. The van der Waals surface area contributed by atoms with Crippen molar-refractivity contribution in [2.75, 3.05) is 0 Å². The first-order valence-electron chi connectivity index (χ1n) is 5.03.